The maximum Gasteiger partial charge on any atom is 0.357 e. The van der Waals surface area contributed by atoms with E-state index in [1.165, 1.54) is 17.6 Å². The van der Waals surface area contributed by atoms with Gasteiger partial charge in [-0.2, -0.15) is 4.31 Å². The molecule has 1 aromatic carbocycles. The highest BCUT2D eigenvalue weighted by atomic mass is 32.2. The number of ether oxygens (including phenoxy) is 1. The van der Waals surface area contributed by atoms with Crippen LogP contribution in [-0.4, -0.2) is 56.0 Å². The van der Waals surface area contributed by atoms with Gasteiger partial charge in [0.25, 0.3) is 0 Å². The predicted molar refractivity (Wildman–Crippen MR) is 93.9 cm³/mol. The molecule has 1 saturated heterocycles. The number of carbonyl (C=O) groups is 1. The van der Waals surface area contributed by atoms with Crippen LogP contribution in [0.25, 0.3) is 10.8 Å². The van der Waals surface area contributed by atoms with Crippen LogP contribution in [0.1, 0.15) is 24.3 Å². The molecule has 3 rings (SSSR count). The summed E-state index contributed by atoms with van der Waals surface area (Å²) >= 11 is 0. The summed E-state index contributed by atoms with van der Waals surface area (Å²) in [6.07, 6.45) is 1.43. The molecule has 1 fully saturated rings. The van der Waals surface area contributed by atoms with Crippen molar-refractivity contribution in [1.29, 1.82) is 0 Å². The maximum atomic E-state index is 13.3. The number of pyridine rings is 1. The molecule has 0 spiro atoms. The van der Waals surface area contributed by atoms with Gasteiger partial charge < -0.3 is 10.1 Å². The van der Waals surface area contributed by atoms with Crippen molar-refractivity contribution in [2.75, 3.05) is 20.2 Å². The molecule has 2 unspecified atom stereocenters. The zero-order valence-corrected chi connectivity index (χ0v) is 15.2. The van der Waals surface area contributed by atoms with Gasteiger partial charge in [-0.25, -0.2) is 18.2 Å². The Bertz CT molecular complexity index is 913. The molecule has 2 aromatic rings. The molecule has 8 heteroatoms. The van der Waals surface area contributed by atoms with E-state index in [0.717, 1.165) is 0 Å². The second kappa shape index (κ2) is 6.70. The third-order valence-electron chi connectivity index (χ3n) is 4.71. The van der Waals surface area contributed by atoms with Crippen molar-refractivity contribution >= 4 is 26.8 Å². The molecular formula is C17H21N3O4S. The van der Waals surface area contributed by atoms with Crippen molar-refractivity contribution in [3.8, 4) is 0 Å². The molecule has 2 atom stereocenters. The largest absolute Gasteiger partial charge is 0.464 e. The average molecular weight is 363 g/mol. The van der Waals surface area contributed by atoms with Crippen LogP contribution in [0.5, 0.6) is 0 Å². The van der Waals surface area contributed by atoms with Crippen molar-refractivity contribution in [3.05, 3.63) is 36.2 Å². The number of nitrogens with one attached hydrogen (secondary N) is 1. The standard InChI is InChI=1S/C17H21N3O4S/c1-11-12(2)20(10-9-18-11)25(22,23)15-6-4-5-14-13(15)7-8-19-16(14)17(21)24-3/h4-8,11-12,18H,9-10H2,1-3H3. The van der Waals surface area contributed by atoms with E-state index in [-0.39, 0.29) is 22.7 Å². The zero-order chi connectivity index (χ0) is 18.2. The zero-order valence-electron chi connectivity index (χ0n) is 14.4. The Morgan fingerprint density at radius 3 is 2.76 bits per heavy atom. The first-order chi connectivity index (χ1) is 11.9. The molecule has 2 heterocycles. The Morgan fingerprint density at radius 2 is 2.04 bits per heavy atom. The number of hydrogen-bond acceptors (Lipinski definition) is 6. The Kier molecular flexibility index (Phi) is 4.77. The molecule has 0 aliphatic carbocycles. The molecule has 1 aliphatic rings. The van der Waals surface area contributed by atoms with Gasteiger partial charge in [0.05, 0.1) is 12.0 Å². The molecule has 7 nitrogen and oxygen atoms in total. The molecule has 0 radical (unpaired) electrons. The Morgan fingerprint density at radius 1 is 1.28 bits per heavy atom. The van der Waals surface area contributed by atoms with Gasteiger partial charge in [-0.15, -0.1) is 0 Å². The number of esters is 1. The van der Waals surface area contributed by atoms with Crippen molar-refractivity contribution in [2.24, 2.45) is 0 Å². The van der Waals surface area contributed by atoms with Gasteiger partial charge in [0.1, 0.15) is 0 Å². The summed E-state index contributed by atoms with van der Waals surface area (Å²) < 4.78 is 32.8. The summed E-state index contributed by atoms with van der Waals surface area (Å²) in [5, 5.41) is 4.21. The molecular weight excluding hydrogens is 342 g/mol. The van der Waals surface area contributed by atoms with E-state index in [1.807, 2.05) is 13.8 Å². The summed E-state index contributed by atoms with van der Waals surface area (Å²) in [6, 6.07) is 6.38. The van der Waals surface area contributed by atoms with E-state index in [4.69, 9.17) is 4.74 Å². The van der Waals surface area contributed by atoms with E-state index < -0.39 is 16.0 Å². The van der Waals surface area contributed by atoms with Gasteiger partial charge in [-0.1, -0.05) is 12.1 Å². The first-order valence-electron chi connectivity index (χ1n) is 8.09. The second-order valence-electron chi connectivity index (χ2n) is 6.10. The summed E-state index contributed by atoms with van der Waals surface area (Å²) in [6.45, 7) is 4.86. The van der Waals surface area contributed by atoms with Crippen LogP contribution >= 0.6 is 0 Å². The van der Waals surface area contributed by atoms with Crippen molar-refractivity contribution in [1.82, 2.24) is 14.6 Å². The molecule has 1 N–H and O–H groups in total. The maximum absolute atomic E-state index is 13.3. The number of fused-ring (bicyclic) bond motifs is 1. The second-order valence-corrected chi connectivity index (χ2v) is 7.96. The monoisotopic (exact) mass is 363 g/mol. The molecule has 25 heavy (non-hydrogen) atoms. The fraction of sp³-hybridized carbons (Fsp3) is 0.412. The number of sulfonamides is 1. The minimum absolute atomic E-state index is 0.0609. The Hall–Kier alpha value is -2.03. The summed E-state index contributed by atoms with van der Waals surface area (Å²) in [5.74, 6) is -0.593. The average Bonchev–Trinajstić information content (AvgIpc) is 2.62. The minimum atomic E-state index is -3.71. The number of carbonyl (C=O) groups excluding carboxylic acids is 1. The van der Waals surface area contributed by atoms with Gasteiger partial charge in [-0.05, 0) is 26.0 Å². The third kappa shape index (κ3) is 3.01. The lowest BCUT2D eigenvalue weighted by molar-refractivity contribution is 0.0596. The van der Waals surface area contributed by atoms with Gasteiger partial charge >= 0.3 is 5.97 Å². The highest BCUT2D eigenvalue weighted by molar-refractivity contribution is 7.89. The molecule has 1 aromatic heterocycles. The van der Waals surface area contributed by atoms with Crippen LogP contribution in [0.15, 0.2) is 35.4 Å². The molecule has 0 saturated carbocycles. The Balaban J connectivity index is 2.17. The number of methoxy groups -OCH3 is 1. The molecule has 0 amide bonds. The van der Waals surface area contributed by atoms with Crippen LogP contribution in [0.4, 0.5) is 0 Å². The van der Waals surface area contributed by atoms with Crippen molar-refractivity contribution in [3.63, 3.8) is 0 Å². The number of rotatable bonds is 3. The smallest absolute Gasteiger partial charge is 0.357 e. The number of hydrogen-bond donors (Lipinski definition) is 1. The first kappa shape index (κ1) is 17.8. The van der Waals surface area contributed by atoms with E-state index in [2.05, 4.69) is 10.3 Å². The lowest BCUT2D eigenvalue weighted by Crippen LogP contribution is -2.57. The Labute approximate surface area is 147 Å². The van der Waals surface area contributed by atoms with Crippen molar-refractivity contribution in [2.45, 2.75) is 30.8 Å². The van der Waals surface area contributed by atoms with Gasteiger partial charge in [0.2, 0.25) is 10.0 Å². The van der Waals surface area contributed by atoms with Gasteiger partial charge in [-0.3, -0.25) is 0 Å². The number of piperazine rings is 1. The minimum Gasteiger partial charge on any atom is -0.464 e. The molecule has 1 aliphatic heterocycles. The van der Waals surface area contributed by atoms with Gasteiger partial charge in [0.15, 0.2) is 5.69 Å². The fourth-order valence-corrected chi connectivity index (χ4v) is 5.07. The number of benzene rings is 1. The number of nitrogens with zero attached hydrogens (tertiary/aromatic N) is 2. The third-order valence-corrected chi connectivity index (χ3v) is 6.75. The molecule has 134 valence electrons. The van der Waals surface area contributed by atoms with E-state index in [1.54, 1.807) is 24.3 Å². The van der Waals surface area contributed by atoms with Crippen LogP contribution < -0.4 is 5.32 Å². The lowest BCUT2D eigenvalue weighted by Gasteiger charge is -2.37. The van der Waals surface area contributed by atoms with Crippen LogP contribution in [0, 0.1) is 0 Å². The van der Waals surface area contributed by atoms with Gasteiger partial charge in [0, 0.05) is 42.1 Å². The van der Waals surface area contributed by atoms with E-state index in [9.17, 15) is 13.2 Å². The normalized spacial score (nSPS) is 22.0. The fourth-order valence-electron chi connectivity index (χ4n) is 3.15. The topological polar surface area (TPSA) is 88.6 Å². The highest BCUT2D eigenvalue weighted by Gasteiger charge is 2.35. The predicted octanol–water partition coefficient (Wildman–Crippen LogP) is 1.39. The quantitative estimate of drug-likeness (QED) is 0.829. The van der Waals surface area contributed by atoms with E-state index in [0.29, 0.717) is 23.9 Å². The summed E-state index contributed by atoms with van der Waals surface area (Å²) in [5.41, 5.74) is 0.110. The SMILES string of the molecule is COC(=O)c1nccc2c(S(=O)(=O)N3CCNC(C)C3C)cccc12. The molecule has 0 bridgehead atoms. The number of aromatic nitrogens is 1. The summed E-state index contributed by atoms with van der Waals surface area (Å²) in [7, 11) is -2.44. The van der Waals surface area contributed by atoms with Crippen molar-refractivity contribution < 1.29 is 17.9 Å². The van der Waals surface area contributed by atoms with E-state index >= 15 is 0 Å². The van der Waals surface area contributed by atoms with Crippen LogP contribution in [-0.2, 0) is 14.8 Å². The van der Waals surface area contributed by atoms with Crippen LogP contribution in [0.2, 0.25) is 0 Å². The lowest BCUT2D eigenvalue weighted by atomic mass is 10.1. The summed E-state index contributed by atoms with van der Waals surface area (Å²) in [4.78, 5) is 16.2. The highest BCUT2D eigenvalue weighted by Crippen LogP contribution is 2.29. The van der Waals surface area contributed by atoms with Crippen LogP contribution in [0.3, 0.4) is 0 Å². The first-order valence-corrected chi connectivity index (χ1v) is 9.53.